The number of hydrogen-bond donors (Lipinski definition) is 7. The summed E-state index contributed by atoms with van der Waals surface area (Å²) >= 11 is 0. The number of carboxylic acids is 2. The fraction of sp³-hybridized carbons (Fsp3) is 0.522. The summed E-state index contributed by atoms with van der Waals surface area (Å²) in [5.74, 6) is -4.63. The molecule has 0 fully saturated rings. The van der Waals surface area contributed by atoms with E-state index in [4.69, 9.17) is 15.9 Å². The molecule has 0 aromatic heterocycles. The monoisotopic (exact) mass is 494 g/mol. The molecule has 12 nitrogen and oxygen atoms in total. The lowest BCUT2D eigenvalue weighted by Crippen LogP contribution is -2.57. The second-order valence-corrected chi connectivity index (χ2v) is 8.73. The second-order valence-electron chi connectivity index (χ2n) is 8.73. The molecule has 35 heavy (non-hydrogen) atoms. The summed E-state index contributed by atoms with van der Waals surface area (Å²) in [6, 6.07) is 1.42. The van der Waals surface area contributed by atoms with Crippen LogP contribution in [-0.2, 0) is 30.4 Å². The van der Waals surface area contributed by atoms with E-state index < -0.39 is 60.2 Å². The molecule has 4 atom stereocenters. The SMILES string of the molecule is CC(C)CC(NC(=O)C(CCC(=O)O)NC(=O)C(N)Cc1ccc(O)cc1)C(=O)NC(C)C(=O)O. The van der Waals surface area contributed by atoms with Crippen molar-refractivity contribution in [2.45, 2.75) is 70.6 Å². The predicted octanol–water partition coefficient (Wildman–Crippen LogP) is -0.268. The van der Waals surface area contributed by atoms with Crippen LogP contribution >= 0.6 is 0 Å². The van der Waals surface area contributed by atoms with Crippen LogP contribution in [0.4, 0.5) is 0 Å². The van der Waals surface area contributed by atoms with Gasteiger partial charge in [-0.2, -0.15) is 0 Å². The number of aromatic hydroxyl groups is 1. The molecule has 8 N–H and O–H groups in total. The Kier molecular flexibility index (Phi) is 11.7. The van der Waals surface area contributed by atoms with Crippen LogP contribution in [0.2, 0.25) is 0 Å². The van der Waals surface area contributed by atoms with Crippen molar-refractivity contribution in [2.24, 2.45) is 11.7 Å². The summed E-state index contributed by atoms with van der Waals surface area (Å²) in [6.07, 6.45) is -0.391. The van der Waals surface area contributed by atoms with Gasteiger partial charge in [0.1, 0.15) is 23.9 Å². The van der Waals surface area contributed by atoms with Crippen molar-refractivity contribution in [2.75, 3.05) is 0 Å². The summed E-state index contributed by atoms with van der Waals surface area (Å²) < 4.78 is 0. The Morgan fingerprint density at radius 3 is 1.91 bits per heavy atom. The van der Waals surface area contributed by atoms with Crippen LogP contribution in [0.3, 0.4) is 0 Å². The largest absolute Gasteiger partial charge is 0.508 e. The molecule has 0 aliphatic rings. The van der Waals surface area contributed by atoms with Crippen LogP contribution in [0.5, 0.6) is 5.75 Å². The number of benzene rings is 1. The van der Waals surface area contributed by atoms with Crippen LogP contribution in [0, 0.1) is 5.92 Å². The van der Waals surface area contributed by atoms with Crippen molar-refractivity contribution in [1.29, 1.82) is 0 Å². The molecule has 3 amide bonds. The zero-order valence-electron chi connectivity index (χ0n) is 20.0. The molecule has 0 saturated heterocycles. The first-order chi connectivity index (χ1) is 16.3. The highest BCUT2D eigenvalue weighted by atomic mass is 16.4. The van der Waals surface area contributed by atoms with Gasteiger partial charge in [0.2, 0.25) is 17.7 Å². The zero-order chi connectivity index (χ0) is 26.7. The van der Waals surface area contributed by atoms with E-state index in [0.717, 1.165) is 0 Å². The fourth-order valence-corrected chi connectivity index (χ4v) is 3.14. The van der Waals surface area contributed by atoms with Crippen LogP contribution in [-0.4, -0.2) is 69.1 Å². The summed E-state index contributed by atoms with van der Waals surface area (Å²) in [4.78, 5) is 60.3. The molecule has 0 spiro atoms. The molecule has 0 heterocycles. The Morgan fingerprint density at radius 1 is 0.857 bits per heavy atom. The lowest BCUT2D eigenvalue weighted by molar-refractivity contribution is -0.142. The van der Waals surface area contributed by atoms with Gasteiger partial charge >= 0.3 is 11.9 Å². The maximum atomic E-state index is 12.9. The number of phenols is 1. The molecule has 0 aliphatic carbocycles. The van der Waals surface area contributed by atoms with Gasteiger partial charge in [0.15, 0.2) is 0 Å². The Labute approximate surface area is 203 Å². The Hall–Kier alpha value is -3.67. The van der Waals surface area contributed by atoms with Gasteiger partial charge in [0, 0.05) is 6.42 Å². The van der Waals surface area contributed by atoms with Crippen LogP contribution < -0.4 is 21.7 Å². The van der Waals surface area contributed by atoms with E-state index in [1.165, 1.54) is 19.1 Å². The molecule has 0 saturated carbocycles. The van der Waals surface area contributed by atoms with Gasteiger partial charge < -0.3 is 37.0 Å². The number of nitrogens with two attached hydrogens (primary N) is 1. The first-order valence-corrected chi connectivity index (χ1v) is 11.2. The van der Waals surface area contributed by atoms with E-state index in [1.54, 1.807) is 26.0 Å². The minimum absolute atomic E-state index is 0.0445. The highest BCUT2D eigenvalue weighted by Crippen LogP contribution is 2.11. The smallest absolute Gasteiger partial charge is 0.325 e. The van der Waals surface area contributed by atoms with Crippen molar-refractivity contribution in [3.8, 4) is 5.75 Å². The van der Waals surface area contributed by atoms with Gasteiger partial charge in [-0.1, -0.05) is 26.0 Å². The van der Waals surface area contributed by atoms with E-state index in [-0.39, 0.29) is 30.9 Å². The van der Waals surface area contributed by atoms with Crippen molar-refractivity contribution in [3.05, 3.63) is 29.8 Å². The molecule has 194 valence electrons. The summed E-state index contributed by atoms with van der Waals surface area (Å²) in [5.41, 5.74) is 6.61. The Balaban J connectivity index is 2.94. The third-order valence-electron chi connectivity index (χ3n) is 5.08. The molecule has 4 unspecified atom stereocenters. The molecule has 1 aromatic rings. The molecular formula is C23H34N4O8. The van der Waals surface area contributed by atoms with Gasteiger partial charge in [-0.15, -0.1) is 0 Å². The highest BCUT2D eigenvalue weighted by Gasteiger charge is 2.30. The zero-order valence-corrected chi connectivity index (χ0v) is 20.0. The topological polar surface area (TPSA) is 208 Å². The molecule has 1 rings (SSSR count). The van der Waals surface area contributed by atoms with Crippen molar-refractivity contribution in [3.63, 3.8) is 0 Å². The van der Waals surface area contributed by atoms with E-state index in [2.05, 4.69) is 16.0 Å². The lowest BCUT2D eigenvalue weighted by atomic mass is 10.0. The van der Waals surface area contributed by atoms with Crippen LogP contribution in [0.15, 0.2) is 24.3 Å². The number of hydrogen-bond acceptors (Lipinski definition) is 7. The fourth-order valence-electron chi connectivity index (χ4n) is 3.14. The van der Waals surface area contributed by atoms with Gasteiger partial charge in [-0.05, 0) is 49.8 Å². The second kappa shape index (κ2) is 13.9. The number of carbonyl (C=O) groups excluding carboxylic acids is 3. The average molecular weight is 495 g/mol. The highest BCUT2D eigenvalue weighted by molar-refractivity contribution is 5.94. The number of rotatable bonds is 14. The van der Waals surface area contributed by atoms with Crippen molar-refractivity contribution >= 4 is 29.7 Å². The van der Waals surface area contributed by atoms with Crippen LogP contribution in [0.1, 0.15) is 45.6 Å². The summed E-state index contributed by atoms with van der Waals surface area (Å²) in [5, 5.41) is 34.7. The maximum absolute atomic E-state index is 12.9. The van der Waals surface area contributed by atoms with E-state index >= 15 is 0 Å². The number of phenolic OH excluding ortho intramolecular Hbond substituents is 1. The van der Waals surface area contributed by atoms with E-state index in [1.807, 2.05) is 0 Å². The summed E-state index contributed by atoms with van der Waals surface area (Å²) in [7, 11) is 0. The average Bonchev–Trinajstić information content (AvgIpc) is 2.76. The van der Waals surface area contributed by atoms with Crippen LogP contribution in [0.25, 0.3) is 0 Å². The first kappa shape index (κ1) is 29.4. The van der Waals surface area contributed by atoms with Crippen molar-refractivity contribution < 1.29 is 39.3 Å². The maximum Gasteiger partial charge on any atom is 0.325 e. The van der Waals surface area contributed by atoms with Gasteiger partial charge in [-0.3, -0.25) is 24.0 Å². The Bertz CT molecular complexity index is 903. The van der Waals surface area contributed by atoms with Gasteiger partial charge in [-0.25, -0.2) is 0 Å². The standard InChI is InChI=1S/C23H34N4O8/c1-12(2)10-18(22(33)25-13(3)23(34)35)27-21(32)17(8-9-19(29)30)26-20(31)16(24)11-14-4-6-15(28)7-5-14/h4-7,12-13,16-18,28H,8-11,24H2,1-3H3,(H,25,33)(H,26,31)(H,27,32)(H,29,30)(H,34,35). The molecule has 0 bridgehead atoms. The first-order valence-electron chi connectivity index (χ1n) is 11.2. The number of nitrogens with one attached hydrogen (secondary N) is 3. The number of carboxylic acid groups (broad SMARTS) is 2. The number of amides is 3. The third-order valence-corrected chi connectivity index (χ3v) is 5.08. The van der Waals surface area contributed by atoms with Gasteiger partial charge in [0.05, 0.1) is 6.04 Å². The minimum Gasteiger partial charge on any atom is -0.508 e. The molecule has 0 radical (unpaired) electrons. The van der Waals surface area contributed by atoms with E-state index in [9.17, 15) is 29.1 Å². The number of carbonyl (C=O) groups is 5. The predicted molar refractivity (Wildman–Crippen MR) is 125 cm³/mol. The molecule has 12 heteroatoms. The third kappa shape index (κ3) is 10.9. The van der Waals surface area contributed by atoms with Gasteiger partial charge in [0.25, 0.3) is 0 Å². The molecule has 1 aromatic carbocycles. The van der Waals surface area contributed by atoms with E-state index in [0.29, 0.717) is 5.56 Å². The molecular weight excluding hydrogens is 460 g/mol. The molecule has 0 aliphatic heterocycles. The minimum atomic E-state index is -1.29. The quantitative estimate of drug-likeness (QED) is 0.181. The Morgan fingerprint density at radius 2 is 1.40 bits per heavy atom. The van der Waals surface area contributed by atoms with Crippen molar-refractivity contribution in [1.82, 2.24) is 16.0 Å². The number of aliphatic carboxylic acids is 2. The lowest BCUT2D eigenvalue weighted by Gasteiger charge is -2.25. The summed E-state index contributed by atoms with van der Waals surface area (Å²) in [6.45, 7) is 4.89. The normalized spacial score (nSPS) is 14.3.